The van der Waals surface area contributed by atoms with E-state index in [2.05, 4.69) is 10.1 Å². The van der Waals surface area contributed by atoms with Gasteiger partial charge in [0.25, 0.3) is 0 Å². The molecule has 2 heterocycles. The van der Waals surface area contributed by atoms with Crippen LogP contribution in [0.4, 0.5) is 0 Å². The van der Waals surface area contributed by atoms with Crippen LogP contribution < -0.4 is 0 Å². The number of aromatic nitrogens is 2. The van der Waals surface area contributed by atoms with Crippen molar-refractivity contribution in [3.63, 3.8) is 0 Å². The van der Waals surface area contributed by atoms with E-state index in [4.69, 9.17) is 27.7 Å². The van der Waals surface area contributed by atoms with Crippen LogP contribution in [-0.2, 0) is 11.3 Å². The molecule has 0 aliphatic carbocycles. The summed E-state index contributed by atoms with van der Waals surface area (Å²) in [6.07, 6.45) is 0.352. The topological polar surface area (TPSA) is 59.2 Å². The largest absolute Gasteiger partial charge is 0.339 e. The first-order valence-corrected chi connectivity index (χ1v) is 8.96. The minimum absolute atomic E-state index is 0.0625. The quantitative estimate of drug-likeness (QED) is 0.658. The Balaban J connectivity index is 1.50. The van der Waals surface area contributed by atoms with Crippen LogP contribution in [0.15, 0.2) is 53.1 Å². The maximum Gasteiger partial charge on any atom is 0.232 e. The van der Waals surface area contributed by atoms with E-state index in [9.17, 15) is 4.79 Å². The monoisotopic (exact) mass is 387 g/mol. The normalized spacial score (nSPS) is 17.1. The summed E-state index contributed by atoms with van der Waals surface area (Å²) in [5.74, 6) is 0.839. The Labute approximate surface area is 160 Å². The van der Waals surface area contributed by atoms with Crippen LogP contribution >= 0.6 is 23.2 Å². The zero-order chi connectivity index (χ0) is 18.1. The Hall–Kier alpha value is -2.37. The molecule has 1 aliphatic rings. The van der Waals surface area contributed by atoms with Crippen molar-refractivity contribution in [3.8, 4) is 11.4 Å². The van der Waals surface area contributed by atoms with Crippen LogP contribution in [0.1, 0.15) is 23.8 Å². The smallest absolute Gasteiger partial charge is 0.232 e. The molecule has 1 saturated heterocycles. The fourth-order valence-electron chi connectivity index (χ4n) is 3.10. The van der Waals surface area contributed by atoms with E-state index < -0.39 is 0 Å². The summed E-state index contributed by atoms with van der Waals surface area (Å²) in [7, 11) is 0. The minimum atomic E-state index is -0.120. The number of hydrogen-bond acceptors (Lipinski definition) is 4. The number of carbonyl (C=O) groups is 1. The predicted molar refractivity (Wildman–Crippen MR) is 99.0 cm³/mol. The van der Waals surface area contributed by atoms with Gasteiger partial charge in [-0.3, -0.25) is 4.79 Å². The number of carbonyl (C=O) groups excluding carboxylic acids is 1. The predicted octanol–water partition coefficient (Wildman–Crippen LogP) is 4.56. The number of nitrogens with zero attached hydrogens (tertiary/aromatic N) is 3. The molecule has 3 aromatic rings. The van der Waals surface area contributed by atoms with Crippen molar-refractivity contribution in [2.24, 2.45) is 0 Å². The first-order valence-electron chi connectivity index (χ1n) is 8.21. The molecule has 4 rings (SSSR count). The molecule has 1 unspecified atom stereocenters. The summed E-state index contributed by atoms with van der Waals surface area (Å²) in [6, 6.07) is 14.8. The molecule has 26 heavy (non-hydrogen) atoms. The van der Waals surface area contributed by atoms with E-state index in [0.717, 1.165) is 5.56 Å². The van der Waals surface area contributed by atoms with Gasteiger partial charge in [0.05, 0.1) is 10.9 Å². The highest BCUT2D eigenvalue weighted by atomic mass is 35.5. The Kier molecular flexibility index (Phi) is 4.66. The fraction of sp³-hybridized carbons (Fsp3) is 0.211. The minimum Gasteiger partial charge on any atom is -0.339 e. The molecule has 0 bridgehead atoms. The second-order valence-electron chi connectivity index (χ2n) is 6.24. The molecule has 1 amide bonds. The SMILES string of the molecule is O=C1CC(c2nc(-c3ccccc3Cl)no2)CN1Cc1cccc(Cl)c1. The van der Waals surface area contributed by atoms with Crippen LogP contribution in [0.2, 0.25) is 10.0 Å². The molecule has 1 aromatic heterocycles. The summed E-state index contributed by atoms with van der Waals surface area (Å²) in [6.45, 7) is 1.05. The lowest BCUT2D eigenvalue weighted by Gasteiger charge is -2.16. The third-order valence-corrected chi connectivity index (χ3v) is 4.95. The van der Waals surface area contributed by atoms with Crippen LogP contribution in [0.3, 0.4) is 0 Å². The lowest BCUT2D eigenvalue weighted by molar-refractivity contribution is -0.128. The van der Waals surface area contributed by atoms with Gasteiger partial charge < -0.3 is 9.42 Å². The molecular weight excluding hydrogens is 373 g/mol. The fourth-order valence-corrected chi connectivity index (χ4v) is 3.53. The Morgan fingerprint density at radius 1 is 1.15 bits per heavy atom. The molecule has 132 valence electrons. The van der Waals surface area contributed by atoms with Crippen LogP contribution in [0, 0.1) is 0 Å². The van der Waals surface area contributed by atoms with Gasteiger partial charge in [-0.1, -0.05) is 52.6 Å². The number of benzene rings is 2. The summed E-state index contributed by atoms with van der Waals surface area (Å²) < 4.78 is 5.40. The second kappa shape index (κ2) is 7.09. The Morgan fingerprint density at radius 2 is 2.00 bits per heavy atom. The van der Waals surface area contributed by atoms with E-state index in [1.165, 1.54) is 0 Å². The highest BCUT2D eigenvalue weighted by molar-refractivity contribution is 6.33. The van der Waals surface area contributed by atoms with Gasteiger partial charge in [0, 0.05) is 30.1 Å². The first-order chi connectivity index (χ1) is 12.6. The summed E-state index contributed by atoms with van der Waals surface area (Å²) in [5, 5.41) is 5.24. The standard InChI is InChI=1S/C19H15Cl2N3O2/c20-14-5-3-4-12(8-14)10-24-11-13(9-17(24)25)19-22-18(23-26-19)15-6-1-2-7-16(15)21/h1-8,13H,9-11H2. The summed E-state index contributed by atoms with van der Waals surface area (Å²) >= 11 is 12.2. The molecule has 2 aromatic carbocycles. The molecule has 1 aliphatic heterocycles. The summed E-state index contributed by atoms with van der Waals surface area (Å²) in [5.41, 5.74) is 1.71. The Morgan fingerprint density at radius 3 is 2.81 bits per heavy atom. The third-order valence-electron chi connectivity index (χ3n) is 4.38. The number of rotatable bonds is 4. The van der Waals surface area contributed by atoms with Crippen LogP contribution in [-0.4, -0.2) is 27.5 Å². The average molecular weight is 388 g/mol. The van der Waals surface area contributed by atoms with Crippen LogP contribution in [0.5, 0.6) is 0 Å². The van der Waals surface area contributed by atoms with E-state index in [-0.39, 0.29) is 11.8 Å². The molecule has 7 heteroatoms. The zero-order valence-corrected chi connectivity index (χ0v) is 15.2. The first kappa shape index (κ1) is 17.1. The lowest BCUT2D eigenvalue weighted by Crippen LogP contribution is -2.24. The maximum atomic E-state index is 12.4. The third kappa shape index (κ3) is 3.45. The second-order valence-corrected chi connectivity index (χ2v) is 7.08. The van der Waals surface area contributed by atoms with E-state index >= 15 is 0 Å². The molecule has 1 fully saturated rings. The van der Waals surface area contributed by atoms with Crippen molar-refractivity contribution in [2.75, 3.05) is 6.54 Å². The van der Waals surface area contributed by atoms with Crippen molar-refractivity contribution in [3.05, 3.63) is 70.0 Å². The average Bonchev–Trinajstić information content (AvgIpc) is 3.23. The van der Waals surface area contributed by atoms with Crippen molar-refractivity contribution >= 4 is 29.1 Å². The van der Waals surface area contributed by atoms with Gasteiger partial charge in [0.2, 0.25) is 17.6 Å². The van der Waals surface area contributed by atoms with Crippen molar-refractivity contribution in [1.29, 1.82) is 0 Å². The highest BCUT2D eigenvalue weighted by Gasteiger charge is 2.34. The number of halogens is 2. The van der Waals surface area contributed by atoms with Gasteiger partial charge in [-0.05, 0) is 29.8 Å². The molecule has 0 saturated carbocycles. The van der Waals surface area contributed by atoms with Crippen molar-refractivity contribution < 1.29 is 9.32 Å². The number of likely N-dealkylation sites (tertiary alicyclic amines) is 1. The Bertz CT molecular complexity index is 957. The van der Waals surface area contributed by atoms with Gasteiger partial charge in [0.15, 0.2) is 0 Å². The van der Waals surface area contributed by atoms with Crippen LogP contribution in [0.25, 0.3) is 11.4 Å². The number of amides is 1. The van der Waals surface area contributed by atoms with E-state index in [1.54, 1.807) is 11.0 Å². The molecule has 0 N–H and O–H groups in total. The van der Waals surface area contributed by atoms with Crippen molar-refractivity contribution in [1.82, 2.24) is 15.0 Å². The molecular formula is C19H15Cl2N3O2. The highest BCUT2D eigenvalue weighted by Crippen LogP contribution is 2.31. The van der Waals surface area contributed by atoms with E-state index in [0.29, 0.717) is 46.8 Å². The maximum absolute atomic E-state index is 12.4. The summed E-state index contributed by atoms with van der Waals surface area (Å²) in [4.78, 5) is 18.6. The van der Waals surface area contributed by atoms with Crippen molar-refractivity contribution in [2.45, 2.75) is 18.9 Å². The molecule has 0 spiro atoms. The van der Waals surface area contributed by atoms with Gasteiger partial charge in [-0.25, -0.2) is 0 Å². The van der Waals surface area contributed by atoms with Gasteiger partial charge in [0.1, 0.15) is 0 Å². The molecule has 5 nitrogen and oxygen atoms in total. The van der Waals surface area contributed by atoms with Gasteiger partial charge in [-0.15, -0.1) is 0 Å². The lowest BCUT2D eigenvalue weighted by atomic mass is 10.1. The zero-order valence-electron chi connectivity index (χ0n) is 13.7. The number of hydrogen-bond donors (Lipinski definition) is 0. The van der Waals surface area contributed by atoms with E-state index in [1.807, 2.05) is 42.5 Å². The van der Waals surface area contributed by atoms with Gasteiger partial charge >= 0.3 is 0 Å². The molecule has 1 atom stereocenters. The molecule has 0 radical (unpaired) electrons. The van der Waals surface area contributed by atoms with Gasteiger partial charge in [-0.2, -0.15) is 4.98 Å².